The Hall–Kier alpha value is -1.62. The first-order valence-corrected chi connectivity index (χ1v) is 5.81. The van der Waals surface area contributed by atoms with E-state index in [1.807, 2.05) is 18.2 Å². The fourth-order valence-corrected chi connectivity index (χ4v) is 2.07. The molecule has 1 aromatic heterocycles. The lowest BCUT2D eigenvalue weighted by molar-refractivity contribution is 0.412. The van der Waals surface area contributed by atoms with Crippen molar-refractivity contribution < 1.29 is 4.74 Å². The van der Waals surface area contributed by atoms with Crippen LogP contribution in [0.1, 0.15) is 5.69 Å². The Morgan fingerprint density at radius 3 is 2.71 bits per heavy atom. The summed E-state index contributed by atoms with van der Waals surface area (Å²) in [6.45, 7) is 1.79. The summed E-state index contributed by atoms with van der Waals surface area (Å²) in [4.78, 5) is 18.3. The molecule has 0 aliphatic heterocycles. The van der Waals surface area contributed by atoms with Crippen LogP contribution in [0.25, 0.3) is 11.4 Å². The molecule has 2 rings (SSSR count). The van der Waals surface area contributed by atoms with Gasteiger partial charge in [0.2, 0.25) is 0 Å². The van der Waals surface area contributed by atoms with Crippen LogP contribution in [0.3, 0.4) is 0 Å². The van der Waals surface area contributed by atoms with Gasteiger partial charge in [0.1, 0.15) is 11.6 Å². The molecule has 17 heavy (non-hydrogen) atoms. The van der Waals surface area contributed by atoms with Crippen molar-refractivity contribution in [3.05, 3.63) is 44.8 Å². The Bertz CT molecular complexity index is 608. The van der Waals surface area contributed by atoms with E-state index < -0.39 is 0 Å². The second-order valence-electron chi connectivity index (χ2n) is 3.58. The molecule has 1 N–H and O–H groups in total. The zero-order valence-electron chi connectivity index (χ0n) is 9.45. The van der Waals surface area contributed by atoms with E-state index in [4.69, 9.17) is 4.74 Å². The summed E-state index contributed by atoms with van der Waals surface area (Å²) < 4.78 is 5.97. The van der Waals surface area contributed by atoms with Gasteiger partial charge in [-0.1, -0.05) is 0 Å². The predicted molar refractivity (Wildman–Crippen MR) is 69.3 cm³/mol. The molecule has 0 saturated heterocycles. The number of ether oxygens (including phenoxy) is 1. The third-order valence-electron chi connectivity index (χ3n) is 2.29. The number of methoxy groups -OCH3 is 1. The van der Waals surface area contributed by atoms with Gasteiger partial charge in [-0.3, -0.25) is 4.79 Å². The van der Waals surface area contributed by atoms with Crippen LogP contribution in [0, 0.1) is 6.92 Å². The Morgan fingerprint density at radius 1 is 1.35 bits per heavy atom. The number of aromatic amines is 1. The summed E-state index contributed by atoms with van der Waals surface area (Å²) in [5.41, 5.74) is 1.37. The predicted octanol–water partition coefficient (Wildman–Crippen LogP) is 2.52. The van der Waals surface area contributed by atoms with Gasteiger partial charge < -0.3 is 9.72 Å². The average Bonchev–Trinajstić information content (AvgIpc) is 2.27. The van der Waals surface area contributed by atoms with Crippen LogP contribution in [0.15, 0.2) is 33.5 Å². The Labute approximate surface area is 107 Å². The Morgan fingerprint density at radius 2 is 2.12 bits per heavy atom. The van der Waals surface area contributed by atoms with Gasteiger partial charge in [0.25, 0.3) is 5.56 Å². The van der Waals surface area contributed by atoms with Gasteiger partial charge in [-0.25, -0.2) is 4.98 Å². The Kier molecular flexibility index (Phi) is 3.28. The molecular formula is C12H11BrN2O2. The highest BCUT2D eigenvalue weighted by Gasteiger charge is 2.06. The largest absolute Gasteiger partial charge is 0.496 e. The molecule has 0 aliphatic carbocycles. The summed E-state index contributed by atoms with van der Waals surface area (Å²) in [6.07, 6.45) is 0. The number of H-pyrrole nitrogens is 1. The van der Waals surface area contributed by atoms with Gasteiger partial charge in [-0.05, 0) is 41.1 Å². The minimum Gasteiger partial charge on any atom is -0.496 e. The number of benzene rings is 1. The molecule has 0 radical (unpaired) electrons. The van der Waals surface area contributed by atoms with Crippen LogP contribution in [0.5, 0.6) is 5.75 Å². The van der Waals surface area contributed by atoms with Gasteiger partial charge in [0.05, 0.1) is 11.6 Å². The van der Waals surface area contributed by atoms with Crippen molar-refractivity contribution in [2.75, 3.05) is 7.11 Å². The van der Waals surface area contributed by atoms with Crippen molar-refractivity contribution in [3.8, 4) is 17.1 Å². The second-order valence-corrected chi connectivity index (χ2v) is 4.44. The molecule has 4 nitrogen and oxygen atoms in total. The first-order chi connectivity index (χ1) is 8.10. The summed E-state index contributed by atoms with van der Waals surface area (Å²) in [6, 6.07) is 6.99. The average molecular weight is 295 g/mol. The topological polar surface area (TPSA) is 55.0 Å². The number of rotatable bonds is 2. The van der Waals surface area contributed by atoms with Gasteiger partial charge in [0.15, 0.2) is 0 Å². The number of nitrogens with zero attached hydrogens (tertiary/aromatic N) is 1. The summed E-state index contributed by atoms with van der Waals surface area (Å²) in [5, 5.41) is 0. The summed E-state index contributed by atoms with van der Waals surface area (Å²) in [5.74, 6) is 1.29. The van der Waals surface area contributed by atoms with Crippen LogP contribution >= 0.6 is 15.9 Å². The maximum atomic E-state index is 11.4. The highest BCUT2D eigenvalue weighted by Crippen LogP contribution is 2.28. The fourth-order valence-electron chi connectivity index (χ4n) is 1.53. The molecule has 1 aromatic carbocycles. The molecule has 0 spiro atoms. The second kappa shape index (κ2) is 4.71. The van der Waals surface area contributed by atoms with E-state index in [0.29, 0.717) is 11.5 Å². The van der Waals surface area contributed by atoms with E-state index in [1.54, 1.807) is 14.0 Å². The fraction of sp³-hybridized carbons (Fsp3) is 0.167. The van der Waals surface area contributed by atoms with E-state index in [1.165, 1.54) is 6.07 Å². The lowest BCUT2D eigenvalue weighted by Crippen LogP contribution is -2.08. The first kappa shape index (κ1) is 11.9. The van der Waals surface area contributed by atoms with Gasteiger partial charge in [-0.15, -0.1) is 0 Å². The van der Waals surface area contributed by atoms with Crippen molar-refractivity contribution in [1.29, 1.82) is 0 Å². The number of aryl methyl sites for hydroxylation is 1. The third kappa shape index (κ3) is 2.55. The standard InChI is InChI=1S/C12H11BrN2O2/c1-7-5-11(16)15-12(14-7)8-3-4-10(17-2)9(13)6-8/h3-6H,1-2H3,(H,14,15,16). The van der Waals surface area contributed by atoms with Crippen molar-refractivity contribution >= 4 is 15.9 Å². The molecule has 0 atom stereocenters. The molecule has 5 heteroatoms. The molecule has 0 unspecified atom stereocenters. The maximum absolute atomic E-state index is 11.4. The van der Waals surface area contributed by atoms with E-state index in [2.05, 4.69) is 25.9 Å². The van der Waals surface area contributed by atoms with E-state index >= 15 is 0 Å². The van der Waals surface area contributed by atoms with E-state index in [9.17, 15) is 4.79 Å². The van der Waals surface area contributed by atoms with E-state index in [-0.39, 0.29) is 5.56 Å². The number of aromatic nitrogens is 2. The van der Waals surface area contributed by atoms with Crippen molar-refractivity contribution in [2.24, 2.45) is 0 Å². The van der Waals surface area contributed by atoms with Crippen LogP contribution in [-0.2, 0) is 0 Å². The number of hydrogen-bond donors (Lipinski definition) is 1. The lowest BCUT2D eigenvalue weighted by Gasteiger charge is -2.06. The molecule has 1 heterocycles. The van der Waals surface area contributed by atoms with Crippen LogP contribution in [0.2, 0.25) is 0 Å². The normalized spacial score (nSPS) is 10.3. The molecule has 0 aliphatic rings. The number of nitrogens with one attached hydrogen (secondary N) is 1. The molecule has 0 amide bonds. The van der Waals surface area contributed by atoms with Crippen LogP contribution in [0.4, 0.5) is 0 Å². The molecular weight excluding hydrogens is 284 g/mol. The monoisotopic (exact) mass is 294 g/mol. The van der Waals surface area contributed by atoms with Crippen molar-refractivity contribution in [1.82, 2.24) is 9.97 Å². The highest BCUT2D eigenvalue weighted by atomic mass is 79.9. The first-order valence-electron chi connectivity index (χ1n) is 5.02. The van der Waals surface area contributed by atoms with Crippen molar-refractivity contribution in [3.63, 3.8) is 0 Å². The van der Waals surface area contributed by atoms with Crippen LogP contribution in [-0.4, -0.2) is 17.1 Å². The minimum atomic E-state index is -0.153. The maximum Gasteiger partial charge on any atom is 0.251 e. The third-order valence-corrected chi connectivity index (χ3v) is 2.91. The number of halogens is 1. The molecule has 88 valence electrons. The lowest BCUT2D eigenvalue weighted by atomic mass is 10.2. The summed E-state index contributed by atoms with van der Waals surface area (Å²) >= 11 is 3.40. The molecule has 0 saturated carbocycles. The summed E-state index contributed by atoms with van der Waals surface area (Å²) in [7, 11) is 1.60. The SMILES string of the molecule is COc1ccc(-c2nc(C)cc(=O)[nH]2)cc1Br. The minimum absolute atomic E-state index is 0.153. The zero-order valence-corrected chi connectivity index (χ0v) is 11.0. The van der Waals surface area contributed by atoms with Gasteiger partial charge in [-0.2, -0.15) is 0 Å². The quantitative estimate of drug-likeness (QED) is 0.926. The van der Waals surface area contributed by atoms with Crippen LogP contribution < -0.4 is 10.3 Å². The Balaban J connectivity index is 2.53. The molecule has 0 bridgehead atoms. The molecule has 2 aromatic rings. The zero-order chi connectivity index (χ0) is 12.4. The number of hydrogen-bond acceptors (Lipinski definition) is 3. The van der Waals surface area contributed by atoms with Gasteiger partial charge >= 0.3 is 0 Å². The smallest absolute Gasteiger partial charge is 0.251 e. The van der Waals surface area contributed by atoms with Crippen molar-refractivity contribution in [2.45, 2.75) is 6.92 Å². The van der Waals surface area contributed by atoms with Gasteiger partial charge in [0, 0.05) is 17.3 Å². The highest BCUT2D eigenvalue weighted by molar-refractivity contribution is 9.10. The molecule has 0 fully saturated rings. The van der Waals surface area contributed by atoms with E-state index in [0.717, 1.165) is 15.8 Å².